The van der Waals surface area contributed by atoms with Gasteiger partial charge in [-0.1, -0.05) is 0 Å². The molecule has 0 N–H and O–H groups in total. The van der Waals surface area contributed by atoms with Crippen molar-refractivity contribution in [3.8, 4) is 0 Å². The van der Waals surface area contributed by atoms with Gasteiger partial charge in [0, 0.05) is 37.5 Å². The van der Waals surface area contributed by atoms with E-state index in [4.69, 9.17) is 0 Å². The van der Waals surface area contributed by atoms with Crippen LogP contribution in [0.3, 0.4) is 0 Å². The molecule has 1 atom stereocenters. The van der Waals surface area contributed by atoms with E-state index in [2.05, 4.69) is 15.1 Å². The molecule has 112 valence electrons. The number of amides is 1. The molecule has 0 spiro atoms. The van der Waals surface area contributed by atoms with Crippen LogP contribution in [0.1, 0.15) is 23.3 Å². The van der Waals surface area contributed by atoms with Gasteiger partial charge in [0.15, 0.2) is 0 Å². The van der Waals surface area contributed by atoms with Gasteiger partial charge in [-0.3, -0.25) is 13.9 Å². The SMILES string of the molecule is O=C(c1cn2cccnc2n1)N1CCCC1Cn1cccn1. The van der Waals surface area contributed by atoms with Gasteiger partial charge in [-0.15, -0.1) is 0 Å². The fraction of sp³-hybridized carbons (Fsp3) is 0.333. The minimum Gasteiger partial charge on any atom is -0.332 e. The molecule has 7 nitrogen and oxygen atoms in total. The summed E-state index contributed by atoms with van der Waals surface area (Å²) >= 11 is 0. The van der Waals surface area contributed by atoms with Crippen molar-refractivity contribution < 1.29 is 4.79 Å². The van der Waals surface area contributed by atoms with Crippen LogP contribution in [0.5, 0.6) is 0 Å². The van der Waals surface area contributed by atoms with Crippen molar-refractivity contribution in [2.24, 2.45) is 0 Å². The van der Waals surface area contributed by atoms with Crippen molar-refractivity contribution in [1.82, 2.24) is 29.0 Å². The van der Waals surface area contributed by atoms with Crippen molar-refractivity contribution in [2.75, 3.05) is 6.54 Å². The molecule has 1 fully saturated rings. The Morgan fingerprint density at radius 2 is 2.18 bits per heavy atom. The number of nitrogens with zero attached hydrogens (tertiary/aromatic N) is 6. The highest BCUT2D eigenvalue weighted by Gasteiger charge is 2.31. The smallest absolute Gasteiger partial charge is 0.274 e. The Labute approximate surface area is 127 Å². The highest BCUT2D eigenvalue weighted by molar-refractivity contribution is 5.93. The maximum atomic E-state index is 12.7. The van der Waals surface area contributed by atoms with Crippen molar-refractivity contribution in [3.63, 3.8) is 0 Å². The molecule has 0 aromatic carbocycles. The number of fused-ring (bicyclic) bond motifs is 1. The average Bonchev–Trinajstić information content (AvgIpc) is 3.27. The molecule has 4 heterocycles. The molecule has 3 aromatic rings. The summed E-state index contributed by atoms with van der Waals surface area (Å²) in [5.74, 6) is 0.522. The van der Waals surface area contributed by atoms with Crippen LogP contribution in [0.4, 0.5) is 0 Å². The average molecular weight is 296 g/mol. The summed E-state index contributed by atoms with van der Waals surface area (Å²) in [7, 11) is 0. The predicted molar refractivity (Wildman–Crippen MR) is 79.3 cm³/mol. The Balaban J connectivity index is 1.58. The maximum absolute atomic E-state index is 12.7. The number of carbonyl (C=O) groups excluding carboxylic acids is 1. The van der Waals surface area contributed by atoms with Crippen LogP contribution in [-0.2, 0) is 6.54 Å². The number of aromatic nitrogens is 5. The molecular formula is C15H16N6O. The summed E-state index contributed by atoms with van der Waals surface area (Å²) in [5, 5.41) is 4.23. The van der Waals surface area contributed by atoms with Gasteiger partial charge < -0.3 is 4.90 Å². The fourth-order valence-corrected chi connectivity index (χ4v) is 3.00. The number of rotatable bonds is 3. The normalized spacial score (nSPS) is 18.2. The molecule has 0 aliphatic carbocycles. The first-order valence-electron chi connectivity index (χ1n) is 7.39. The standard InChI is InChI=1S/C15H16N6O/c22-14(13-11-19-7-2-5-16-15(19)18-13)21-9-1-4-12(21)10-20-8-3-6-17-20/h2-3,5-8,11-12H,1,4,9-10H2. The highest BCUT2D eigenvalue weighted by Crippen LogP contribution is 2.21. The van der Waals surface area contributed by atoms with E-state index in [9.17, 15) is 4.79 Å². The third kappa shape index (κ3) is 2.24. The second kappa shape index (κ2) is 5.25. The van der Waals surface area contributed by atoms with Crippen molar-refractivity contribution in [3.05, 3.63) is 48.8 Å². The van der Waals surface area contributed by atoms with Crippen molar-refractivity contribution in [2.45, 2.75) is 25.4 Å². The van der Waals surface area contributed by atoms with E-state index in [0.29, 0.717) is 11.5 Å². The first kappa shape index (κ1) is 13.0. The zero-order valence-electron chi connectivity index (χ0n) is 12.0. The van der Waals surface area contributed by atoms with Crippen molar-refractivity contribution in [1.29, 1.82) is 0 Å². The number of imidazole rings is 1. The minimum absolute atomic E-state index is 0.0276. The van der Waals surface area contributed by atoms with E-state index < -0.39 is 0 Å². The van der Waals surface area contributed by atoms with E-state index in [1.165, 1.54) is 0 Å². The second-order valence-corrected chi connectivity index (χ2v) is 5.48. The summed E-state index contributed by atoms with van der Waals surface area (Å²) < 4.78 is 3.65. The molecular weight excluding hydrogens is 280 g/mol. The summed E-state index contributed by atoms with van der Waals surface area (Å²) in [6, 6.07) is 3.89. The van der Waals surface area contributed by atoms with Gasteiger partial charge in [0.2, 0.25) is 5.78 Å². The molecule has 0 saturated carbocycles. The molecule has 22 heavy (non-hydrogen) atoms. The molecule has 1 saturated heterocycles. The molecule has 7 heteroatoms. The topological polar surface area (TPSA) is 68.3 Å². The quantitative estimate of drug-likeness (QED) is 0.729. The molecule has 1 unspecified atom stereocenters. The van der Waals surface area contributed by atoms with Gasteiger partial charge >= 0.3 is 0 Å². The third-order valence-electron chi connectivity index (χ3n) is 4.05. The van der Waals surface area contributed by atoms with Crippen LogP contribution < -0.4 is 0 Å². The predicted octanol–water partition coefficient (Wildman–Crippen LogP) is 1.23. The van der Waals surface area contributed by atoms with Gasteiger partial charge in [-0.05, 0) is 25.0 Å². The lowest BCUT2D eigenvalue weighted by Crippen LogP contribution is -2.38. The Morgan fingerprint density at radius 3 is 3.00 bits per heavy atom. The minimum atomic E-state index is -0.0276. The zero-order chi connectivity index (χ0) is 14.9. The lowest BCUT2D eigenvalue weighted by atomic mass is 10.2. The monoisotopic (exact) mass is 296 g/mol. The number of likely N-dealkylation sites (tertiary alicyclic amines) is 1. The molecule has 1 aliphatic rings. The maximum Gasteiger partial charge on any atom is 0.274 e. The summed E-state index contributed by atoms with van der Waals surface area (Å²) in [6.45, 7) is 1.50. The van der Waals surface area contributed by atoms with E-state index >= 15 is 0 Å². The number of hydrogen-bond donors (Lipinski definition) is 0. The number of hydrogen-bond acceptors (Lipinski definition) is 4. The summed E-state index contributed by atoms with van der Waals surface area (Å²) in [5.41, 5.74) is 0.450. The molecule has 1 amide bonds. The van der Waals surface area contributed by atoms with E-state index in [1.807, 2.05) is 34.1 Å². The molecule has 0 radical (unpaired) electrons. The van der Waals surface area contributed by atoms with E-state index in [0.717, 1.165) is 25.9 Å². The van der Waals surface area contributed by atoms with Crippen LogP contribution in [0.25, 0.3) is 5.78 Å². The van der Waals surface area contributed by atoms with Crippen LogP contribution in [-0.4, -0.2) is 47.5 Å². The highest BCUT2D eigenvalue weighted by atomic mass is 16.2. The fourth-order valence-electron chi connectivity index (χ4n) is 3.00. The van der Waals surface area contributed by atoms with Crippen LogP contribution in [0.15, 0.2) is 43.1 Å². The van der Waals surface area contributed by atoms with Crippen LogP contribution in [0, 0.1) is 0 Å². The lowest BCUT2D eigenvalue weighted by Gasteiger charge is -2.23. The van der Waals surface area contributed by atoms with E-state index in [-0.39, 0.29) is 11.9 Å². The Kier molecular flexibility index (Phi) is 3.10. The van der Waals surface area contributed by atoms with Crippen molar-refractivity contribution >= 4 is 11.7 Å². The van der Waals surface area contributed by atoms with Gasteiger partial charge in [-0.2, -0.15) is 5.10 Å². The molecule has 0 bridgehead atoms. The first-order valence-corrected chi connectivity index (χ1v) is 7.39. The zero-order valence-corrected chi connectivity index (χ0v) is 12.0. The number of carbonyl (C=O) groups is 1. The second-order valence-electron chi connectivity index (χ2n) is 5.48. The molecule has 3 aromatic heterocycles. The lowest BCUT2D eigenvalue weighted by molar-refractivity contribution is 0.0716. The van der Waals surface area contributed by atoms with Crippen LogP contribution >= 0.6 is 0 Å². The Hall–Kier alpha value is -2.70. The Morgan fingerprint density at radius 1 is 1.27 bits per heavy atom. The molecule has 4 rings (SSSR count). The Bertz CT molecular complexity index is 760. The van der Waals surface area contributed by atoms with E-state index in [1.54, 1.807) is 23.0 Å². The molecule has 1 aliphatic heterocycles. The van der Waals surface area contributed by atoms with Crippen LogP contribution in [0.2, 0.25) is 0 Å². The summed E-state index contributed by atoms with van der Waals surface area (Å²) in [4.78, 5) is 23.1. The summed E-state index contributed by atoms with van der Waals surface area (Å²) in [6.07, 6.45) is 11.0. The van der Waals surface area contributed by atoms with Gasteiger partial charge in [0.25, 0.3) is 5.91 Å². The van der Waals surface area contributed by atoms with Gasteiger partial charge in [0.1, 0.15) is 5.69 Å². The van der Waals surface area contributed by atoms with Gasteiger partial charge in [-0.25, -0.2) is 9.97 Å². The van der Waals surface area contributed by atoms with Gasteiger partial charge in [0.05, 0.1) is 12.6 Å². The first-order chi connectivity index (χ1) is 10.8. The third-order valence-corrected chi connectivity index (χ3v) is 4.05. The largest absolute Gasteiger partial charge is 0.332 e.